The van der Waals surface area contributed by atoms with Gasteiger partial charge in [0.25, 0.3) is 0 Å². The number of nitriles is 1. The number of benzene rings is 1. The zero-order valence-corrected chi connectivity index (χ0v) is 12.0. The Kier molecular flexibility index (Phi) is 3.81. The maximum absolute atomic E-state index is 13.9. The minimum atomic E-state index is -0.429. The fourth-order valence-electron chi connectivity index (χ4n) is 2.13. The van der Waals surface area contributed by atoms with Crippen LogP contribution in [0.5, 0.6) is 0 Å². The van der Waals surface area contributed by atoms with Crippen molar-refractivity contribution in [1.29, 1.82) is 5.26 Å². The third kappa shape index (κ3) is 2.54. The molecule has 3 rings (SSSR count). The number of aromatic nitrogens is 4. The van der Waals surface area contributed by atoms with Crippen LogP contribution in [0.1, 0.15) is 11.3 Å². The highest BCUT2D eigenvalue weighted by molar-refractivity contribution is 6.31. The Labute approximate surface area is 130 Å². The smallest absolute Gasteiger partial charge is 0.190 e. The van der Waals surface area contributed by atoms with Crippen molar-refractivity contribution in [3.8, 4) is 17.3 Å². The lowest BCUT2D eigenvalue weighted by Crippen LogP contribution is -2.06. The van der Waals surface area contributed by atoms with Crippen LogP contribution >= 0.6 is 11.6 Å². The summed E-state index contributed by atoms with van der Waals surface area (Å²) in [6, 6.07) is 9.93. The van der Waals surface area contributed by atoms with E-state index in [9.17, 15) is 9.65 Å². The first kappa shape index (κ1) is 14.2. The van der Waals surface area contributed by atoms with Crippen LogP contribution in [0.25, 0.3) is 11.3 Å². The lowest BCUT2D eigenvalue weighted by molar-refractivity contribution is 0.579. The summed E-state index contributed by atoms with van der Waals surface area (Å²) in [6.07, 6.45) is 3.20. The van der Waals surface area contributed by atoms with E-state index in [1.54, 1.807) is 30.6 Å². The summed E-state index contributed by atoms with van der Waals surface area (Å²) in [6.45, 7) is 0.0812. The van der Waals surface area contributed by atoms with Gasteiger partial charge in [-0.25, -0.2) is 9.07 Å². The van der Waals surface area contributed by atoms with E-state index >= 15 is 0 Å². The van der Waals surface area contributed by atoms with Gasteiger partial charge >= 0.3 is 0 Å². The van der Waals surface area contributed by atoms with E-state index < -0.39 is 5.82 Å². The number of nitrogens with zero attached hydrogens (tertiary/aromatic N) is 5. The Morgan fingerprint density at radius 1 is 1.23 bits per heavy atom. The van der Waals surface area contributed by atoms with Gasteiger partial charge < -0.3 is 0 Å². The molecule has 3 aromatic rings. The SMILES string of the molecule is N#Cc1nnn(Cc2c(F)cccc2Cl)c1-c1ccncc1. The van der Waals surface area contributed by atoms with Crippen LogP contribution < -0.4 is 0 Å². The third-order valence-corrected chi connectivity index (χ3v) is 3.52. The number of hydrogen-bond donors (Lipinski definition) is 0. The molecule has 2 heterocycles. The van der Waals surface area contributed by atoms with Crippen molar-refractivity contribution in [2.45, 2.75) is 6.54 Å². The zero-order chi connectivity index (χ0) is 15.5. The van der Waals surface area contributed by atoms with Crippen molar-refractivity contribution in [2.24, 2.45) is 0 Å². The summed E-state index contributed by atoms with van der Waals surface area (Å²) < 4.78 is 15.4. The molecule has 0 atom stereocenters. The molecule has 7 heteroatoms. The average Bonchev–Trinajstić information content (AvgIpc) is 2.94. The largest absolute Gasteiger partial charge is 0.265 e. The van der Waals surface area contributed by atoms with Gasteiger partial charge in [-0.3, -0.25) is 4.98 Å². The van der Waals surface area contributed by atoms with Gasteiger partial charge in [0.05, 0.1) is 6.54 Å². The van der Waals surface area contributed by atoms with Gasteiger partial charge in [0.1, 0.15) is 17.6 Å². The van der Waals surface area contributed by atoms with Crippen LogP contribution in [0.3, 0.4) is 0 Å². The highest BCUT2D eigenvalue weighted by Gasteiger charge is 2.17. The van der Waals surface area contributed by atoms with Gasteiger partial charge in [0.2, 0.25) is 0 Å². The quantitative estimate of drug-likeness (QED) is 0.745. The maximum atomic E-state index is 13.9. The molecule has 0 spiro atoms. The van der Waals surface area contributed by atoms with E-state index in [1.165, 1.54) is 16.8 Å². The fraction of sp³-hybridized carbons (Fsp3) is 0.0667. The zero-order valence-electron chi connectivity index (χ0n) is 11.2. The summed E-state index contributed by atoms with van der Waals surface area (Å²) in [5.41, 5.74) is 1.70. The average molecular weight is 314 g/mol. The predicted octanol–water partition coefficient (Wildman–Crippen LogP) is 3.05. The summed E-state index contributed by atoms with van der Waals surface area (Å²) in [4.78, 5) is 3.94. The minimum absolute atomic E-state index is 0.0812. The molecule has 0 aliphatic heterocycles. The number of halogens is 2. The Hall–Kier alpha value is -2.78. The monoisotopic (exact) mass is 313 g/mol. The summed E-state index contributed by atoms with van der Waals surface area (Å²) in [5.74, 6) is -0.429. The third-order valence-electron chi connectivity index (χ3n) is 3.16. The van der Waals surface area contributed by atoms with Crippen LogP contribution in [0.2, 0.25) is 5.02 Å². The number of hydrogen-bond acceptors (Lipinski definition) is 4. The molecule has 0 saturated carbocycles. The Morgan fingerprint density at radius 3 is 2.68 bits per heavy atom. The molecule has 22 heavy (non-hydrogen) atoms. The van der Waals surface area contributed by atoms with Gasteiger partial charge in [0.15, 0.2) is 5.69 Å². The lowest BCUT2D eigenvalue weighted by Gasteiger charge is -2.09. The molecule has 1 aromatic carbocycles. The van der Waals surface area contributed by atoms with Crippen LogP contribution in [-0.2, 0) is 6.54 Å². The van der Waals surface area contributed by atoms with Crippen molar-refractivity contribution in [2.75, 3.05) is 0 Å². The molecule has 5 nitrogen and oxygen atoms in total. The van der Waals surface area contributed by atoms with Gasteiger partial charge in [-0.1, -0.05) is 22.9 Å². The van der Waals surface area contributed by atoms with E-state index in [0.717, 1.165) is 5.56 Å². The van der Waals surface area contributed by atoms with Gasteiger partial charge in [-0.15, -0.1) is 5.10 Å². The van der Waals surface area contributed by atoms with E-state index in [4.69, 9.17) is 11.6 Å². The highest BCUT2D eigenvalue weighted by Crippen LogP contribution is 2.25. The van der Waals surface area contributed by atoms with Crippen LogP contribution in [0.15, 0.2) is 42.7 Å². The second-order valence-electron chi connectivity index (χ2n) is 4.49. The fourth-order valence-corrected chi connectivity index (χ4v) is 2.35. The summed E-state index contributed by atoms with van der Waals surface area (Å²) in [5, 5.41) is 17.3. The minimum Gasteiger partial charge on any atom is -0.265 e. The molecule has 0 bridgehead atoms. The summed E-state index contributed by atoms with van der Waals surface area (Å²) >= 11 is 6.04. The van der Waals surface area contributed by atoms with Crippen molar-refractivity contribution < 1.29 is 4.39 Å². The second-order valence-corrected chi connectivity index (χ2v) is 4.90. The molecule has 0 saturated heterocycles. The Morgan fingerprint density at radius 2 is 2.00 bits per heavy atom. The Bertz CT molecular complexity index is 834. The Balaban J connectivity index is 2.10. The molecule has 0 radical (unpaired) electrons. The first-order chi connectivity index (χ1) is 10.7. The molecule has 0 fully saturated rings. The van der Waals surface area contributed by atoms with E-state index in [1.807, 2.05) is 6.07 Å². The normalized spacial score (nSPS) is 10.4. The summed E-state index contributed by atoms with van der Waals surface area (Å²) in [7, 11) is 0. The van der Waals surface area contributed by atoms with E-state index in [0.29, 0.717) is 16.3 Å². The molecule has 0 aliphatic carbocycles. The lowest BCUT2D eigenvalue weighted by atomic mass is 10.1. The van der Waals surface area contributed by atoms with Crippen molar-refractivity contribution >= 4 is 11.6 Å². The van der Waals surface area contributed by atoms with Crippen molar-refractivity contribution in [3.63, 3.8) is 0 Å². The van der Waals surface area contributed by atoms with E-state index in [-0.39, 0.29) is 12.2 Å². The number of rotatable bonds is 3. The first-order valence-corrected chi connectivity index (χ1v) is 6.75. The molecule has 0 aliphatic rings. The van der Waals surface area contributed by atoms with Crippen molar-refractivity contribution in [3.05, 3.63) is 64.8 Å². The van der Waals surface area contributed by atoms with Gasteiger partial charge in [-0.2, -0.15) is 5.26 Å². The van der Waals surface area contributed by atoms with Gasteiger partial charge in [-0.05, 0) is 24.3 Å². The molecular weight excluding hydrogens is 305 g/mol. The molecule has 0 amide bonds. The van der Waals surface area contributed by atoms with Crippen LogP contribution in [0.4, 0.5) is 4.39 Å². The van der Waals surface area contributed by atoms with Crippen LogP contribution in [-0.4, -0.2) is 20.0 Å². The van der Waals surface area contributed by atoms with Gasteiger partial charge in [0, 0.05) is 28.5 Å². The molecule has 2 aromatic heterocycles. The van der Waals surface area contributed by atoms with Crippen LogP contribution in [0, 0.1) is 17.1 Å². The number of pyridine rings is 1. The maximum Gasteiger partial charge on any atom is 0.190 e. The topological polar surface area (TPSA) is 67.4 Å². The molecule has 0 unspecified atom stereocenters. The standard InChI is InChI=1S/C15H9ClFN5/c16-12-2-1-3-13(17)11(12)9-22-15(14(8-18)20-21-22)10-4-6-19-7-5-10/h1-7H,9H2. The van der Waals surface area contributed by atoms with Crippen molar-refractivity contribution in [1.82, 2.24) is 20.0 Å². The molecular formula is C15H9ClFN5. The van der Waals surface area contributed by atoms with E-state index in [2.05, 4.69) is 15.3 Å². The highest BCUT2D eigenvalue weighted by atomic mass is 35.5. The predicted molar refractivity (Wildman–Crippen MR) is 78.5 cm³/mol. The molecule has 108 valence electrons. The second kappa shape index (κ2) is 5.92. The first-order valence-electron chi connectivity index (χ1n) is 6.37. The molecule has 0 N–H and O–H groups in total.